The van der Waals surface area contributed by atoms with Crippen LogP contribution in [0.15, 0.2) is 30.5 Å². The van der Waals surface area contributed by atoms with Gasteiger partial charge in [0.2, 0.25) is 0 Å². The Morgan fingerprint density at radius 1 is 0.950 bits per heavy atom. The third kappa shape index (κ3) is 1.86. The molecule has 3 rings (SSSR count). The Morgan fingerprint density at radius 3 is 2.25 bits per heavy atom. The summed E-state index contributed by atoms with van der Waals surface area (Å²) in [5, 5.41) is 0. The molecule has 0 unspecified atom stereocenters. The third-order valence-corrected chi connectivity index (χ3v) is 3.73. The van der Waals surface area contributed by atoms with Gasteiger partial charge >= 0.3 is 0 Å². The highest BCUT2D eigenvalue weighted by Gasteiger charge is 2.15. The zero-order valence-corrected chi connectivity index (χ0v) is 12.4. The first-order valence-corrected chi connectivity index (χ1v) is 6.80. The first-order valence-electron chi connectivity index (χ1n) is 6.80. The van der Waals surface area contributed by atoms with Gasteiger partial charge in [-0.1, -0.05) is 17.7 Å². The molecule has 0 bridgehead atoms. The fourth-order valence-corrected chi connectivity index (χ4v) is 2.90. The molecule has 2 aromatic heterocycles. The van der Waals surface area contributed by atoms with Crippen LogP contribution >= 0.6 is 0 Å². The maximum absolute atomic E-state index is 6.30. The summed E-state index contributed by atoms with van der Waals surface area (Å²) in [5.41, 5.74) is 14.1. The number of aromatic nitrogens is 2. The predicted molar refractivity (Wildman–Crippen MR) is 84.0 cm³/mol. The van der Waals surface area contributed by atoms with Crippen molar-refractivity contribution < 1.29 is 0 Å². The Hall–Kier alpha value is -2.29. The second-order valence-electron chi connectivity index (χ2n) is 5.55. The average molecular weight is 265 g/mol. The number of nitrogens with zero attached hydrogens (tertiary/aromatic N) is 2. The van der Waals surface area contributed by atoms with E-state index in [1.807, 2.05) is 16.7 Å². The normalized spacial score (nSPS) is 11.2. The number of nitrogens with two attached hydrogens (primary N) is 1. The van der Waals surface area contributed by atoms with Crippen LogP contribution in [0.3, 0.4) is 0 Å². The molecular weight excluding hydrogens is 246 g/mol. The molecule has 0 saturated heterocycles. The van der Waals surface area contributed by atoms with Crippen molar-refractivity contribution in [3.8, 4) is 11.3 Å². The predicted octanol–water partition coefficient (Wildman–Crippen LogP) is 3.82. The molecule has 2 N–H and O–H groups in total. The van der Waals surface area contributed by atoms with E-state index in [9.17, 15) is 0 Å². The molecule has 2 heterocycles. The van der Waals surface area contributed by atoms with E-state index in [4.69, 9.17) is 10.7 Å². The summed E-state index contributed by atoms with van der Waals surface area (Å²) >= 11 is 0. The van der Waals surface area contributed by atoms with Crippen molar-refractivity contribution in [2.24, 2.45) is 0 Å². The standard InChI is InChI=1S/C17H19N3/c1-10-5-6-20-14(9-10)19-16(17(20)18)15-12(3)7-11(2)8-13(15)4/h5-9H,18H2,1-4H3. The van der Waals surface area contributed by atoms with Gasteiger partial charge in [-0.15, -0.1) is 0 Å². The van der Waals surface area contributed by atoms with Crippen molar-refractivity contribution in [2.75, 3.05) is 5.73 Å². The number of fused-ring (bicyclic) bond motifs is 1. The van der Waals surface area contributed by atoms with Gasteiger partial charge in [0.25, 0.3) is 0 Å². The summed E-state index contributed by atoms with van der Waals surface area (Å²) in [6.45, 7) is 8.40. The molecule has 0 aliphatic heterocycles. The number of aryl methyl sites for hydroxylation is 4. The number of benzene rings is 1. The minimum Gasteiger partial charge on any atom is -0.383 e. The van der Waals surface area contributed by atoms with Gasteiger partial charge in [0.05, 0.1) is 0 Å². The molecule has 0 saturated carbocycles. The van der Waals surface area contributed by atoms with E-state index in [2.05, 4.69) is 45.9 Å². The van der Waals surface area contributed by atoms with Crippen LogP contribution in [-0.4, -0.2) is 9.38 Å². The highest BCUT2D eigenvalue weighted by atomic mass is 15.1. The molecule has 0 aliphatic carbocycles. The smallest absolute Gasteiger partial charge is 0.139 e. The molecule has 3 nitrogen and oxygen atoms in total. The molecule has 0 amide bonds. The quantitative estimate of drug-likeness (QED) is 0.727. The summed E-state index contributed by atoms with van der Waals surface area (Å²) < 4.78 is 1.95. The number of pyridine rings is 1. The van der Waals surface area contributed by atoms with E-state index < -0.39 is 0 Å². The van der Waals surface area contributed by atoms with E-state index >= 15 is 0 Å². The van der Waals surface area contributed by atoms with Gasteiger partial charge < -0.3 is 5.73 Å². The number of rotatable bonds is 1. The number of hydrogen-bond donors (Lipinski definition) is 1. The lowest BCUT2D eigenvalue weighted by molar-refractivity contribution is 1.18. The lowest BCUT2D eigenvalue weighted by atomic mass is 9.97. The van der Waals surface area contributed by atoms with Crippen molar-refractivity contribution in [1.29, 1.82) is 0 Å². The van der Waals surface area contributed by atoms with Gasteiger partial charge in [-0.2, -0.15) is 0 Å². The Morgan fingerprint density at radius 2 is 1.60 bits per heavy atom. The zero-order valence-electron chi connectivity index (χ0n) is 12.4. The van der Waals surface area contributed by atoms with Crippen molar-refractivity contribution in [3.63, 3.8) is 0 Å². The van der Waals surface area contributed by atoms with Gasteiger partial charge in [-0.05, 0) is 56.5 Å². The monoisotopic (exact) mass is 265 g/mol. The maximum Gasteiger partial charge on any atom is 0.139 e. The molecule has 0 radical (unpaired) electrons. The molecule has 0 aliphatic rings. The fraction of sp³-hybridized carbons (Fsp3) is 0.235. The van der Waals surface area contributed by atoms with E-state index in [-0.39, 0.29) is 0 Å². The maximum atomic E-state index is 6.30. The lowest BCUT2D eigenvalue weighted by Crippen LogP contribution is -1.96. The van der Waals surface area contributed by atoms with Gasteiger partial charge in [-0.3, -0.25) is 4.40 Å². The Balaban J connectivity index is 2.33. The van der Waals surface area contributed by atoms with Gasteiger partial charge in [0.1, 0.15) is 17.2 Å². The SMILES string of the molecule is Cc1cc(C)c(-c2nc3cc(C)ccn3c2N)c(C)c1. The van der Waals surface area contributed by atoms with Crippen LogP contribution in [0.4, 0.5) is 5.82 Å². The zero-order chi connectivity index (χ0) is 14.4. The third-order valence-electron chi connectivity index (χ3n) is 3.73. The first-order chi connectivity index (χ1) is 9.47. The first kappa shape index (κ1) is 12.7. The van der Waals surface area contributed by atoms with Crippen molar-refractivity contribution >= 4 is 11.5 Å². The number of anilines is 1. The summed E-state index contributed by atoms with van der Waals surface area (Å²) in [6, 6.07) is 8.45. The fourth-order valence-electron chi connectivity index (χ4n) is 2.90. The second-order valence-corrected chi connectivity index (χ2v) is 5.55. The summed E-state index contributed by atoms with van der Waals surface area (Å²) in [6.07, 6.45) is 1.98. The molecule has 3 aromatic rings. The van der Waals surface area contributed by atoms with Crippen LogP contribution in [0.5, 0.6) is 0 Å². The molecule has 102 valence electrons. The minimum absolute atomic E-state index is 0.704. The van der Waals surface area contributed by atoms with E-state index in [0.29, 0.717) is 5.82 Å². The van der Waals surface area contributed by atoms with Crippen LogP contribution in [0.2, 0.25) is 0 Å². The molecule has 20 heavy (non-hydrogen) atoms. The van der Waals surface area contributed by atoms with Crippen molar-refractivity contribution in [1.82, 2.24) is 9.38 Å². The Labute approximate surface area is 119 Å². The topological polar surface area (TPSA) is 43.3 Å². The second kappa shape index (κ2) is 4.37. The summed E-state index contributed by atoms with van der Waals surface area (Å²) in [7, 11) is 0. The summed E-state index contributed by atoms with van der Waals surface area (Å²) in [4.78, 5) is 4.73. The molecule has 3 heteroatoms. The number of hydrogen-bond acceptors (Lipinski definition) is 2. The van der Waals surface area contributed by atoms with Crippen LogP contribution in [-0.2, 0) is 0 Å². The van der Waals surface area contributed by atoms with Crippen LogP contribution in [0.1, 0.15) is 22.3 Å². The Bertz CT molecular complexity index is 789. The van der Waals surface area contributed by atoms with Crippen molar-refractivity contribution in [2.45, 2.75) is 27.7 Å². The molecule has 0 atom stereocenters. The molecule has 0 fully saturated rings. The summed E-state index contributed by atoms with van der Waals surface area (Å²) in [5.74, 6) is 0.704. The van der Waals surface area contributed by atoms with Gasteiger partial charge in [-0.25, -0.2) is 4.98 Å². The van der Waals surface area contributed by atoms with Crippen LogP contribution in [0, 0.1) is 27.7 Å². The molecular formula is C17H19N3. The van der Waals surface area contributed by atoms with E-state index in [0.717, 1.165) is 16.9 Å². The molecule has 0 spiro atoms. The van der Waals surface area contributed by atoms with Crippen LogP contribution < -0.4 is 5.73 Å². The average Bonchev–Trinajstić information content (AvgIpc) is 2.65. The largest absolute Gasteiger partial charge is 0.383 e. The lowest BCUT2D eigenvalue weighted by Gasteiger charge is -2.09. The van der Waals surface area contributed by atoms with E-state index in [1.165, 1.54) is 22.3 Å². The Kier molecular flexibility index (Phi) is 2.78. The van der Waals surface area contributed by atoms with Gasteiger partial charge in [0, 0.05) is 11.8 Å². The van der Waals surface area contributed by atoms with Crippen LogP contribution in [0.25, 0.3) is 16.9 Å². The molecule has 1 aromatic carbocycles. The highest BCUT2D eigenvalue weighted by Crippen LogP contribution is 2.32. The number of nitrogen functional groups attached to an aromatic ring is 1. The minimum atomic E-state index is 0.704. The van der Waals surface area contributed by atoms with Crippen molar-refractivity contribution in [3.05, 3.63) is 52.7 Å². The van der Waals surface area contributed by atoms with E-state index in [1.54, 1.807) is 0 Å². The highest BCUT2D eigenvalue weighted by molar-refractivity contribution is 5.79. The van der Waals surface area contributed by atoms with Gasteiger partial charge in [0.15, 0.2) is 0 Å². The number of imidazole rings is 1.